The SMILES string of the molecule is COc1ccc2c(Nc3c(Cl)cccc3Cl)cc(=O)[nH]c2c1OCCCCN(C)C. The maximum absolute atomic E-state index is 12.4. The summed E-state index contributed by atoms with van der Waals surface area (Å²) in [7, 11) is 5.65. The predicted molar refractivity (Wildman–Crippen MR) is 124 cm³/mol. The number of unbranched alkanes of at least 4 members (excludes halogenated alkanes) is 1. The van der Waals surface area contributed by atoms with Crippen molar-refractivity contribution in [1.82, 2.24) is 9.88 Å². The average molecular weight is 450 g/mol. The minimum absolute atomic E-state index is 0.279. The van der Waals surface area contributed by atoms with Crippen LogP contribution in [0.5, 0.6) is 11.5 Å². The van der Waals surface area contributed by atoms with Crippen molar-refractivity contribution in [2.75, 3.05) is 39.7 Å². The Morgan fingerprint density at radius 2 is 1.83 bits per heavy atom. The number of pyridine rings is 1. The smallest absolute Gasteiger partial charge is 0.250 e. The van der Waals surface area contributed by atoms with Gasteiger partial charge in [0.15, 0.2) is 11.5 Å². The highest BCUT2D eigenvalue weighted by Crippen LogP contribution is 2.39. The molecule has 3 aromatic rings. The highest BCUT2D eigenvalue weighted by molar-refractivity contribution is 6.39. The van der Waals surface area contributed by atoms with Gasteiger partial charge in [0.1, 0.15) is 0 Å². The number of aromatic nitrogens is 1. The van der Waals surface area contributed by atoms with Crippen LogP contribution in [0, 0.1) is 0 Å². The van der Waals surface area contributed by atoms with Crippen molar-refractivity contribution in [2.24, 2.45) is 0 Å². The highest BCUT2D eigenvalue weighted by atomic mass is 35.5. The quantitative estimate of drug-likeness (QED) is 0.433. The summed E-state index contributed by atoms with van der Waals surface area (Å²) in [6.07, 6.45) is 1.89. The second kappa shape index (κ2) is 10.1. The molecule has 0 saturated carbocycles. The van der Waals surface area contributed by atoms with Crippen molar-refractivity contribution >= 4 is 45.5 Å². The maximum atomic E-state index is 12.4. The molecular weight excluding hydrogens is 425 g/mol. The van der Waals surface area contributed by atoms with Crippen LogP contribution in [0.15, 0.2) is 41.2 Å². The first-order valence-electron chi connectivity index (χ1n) is 9.63. The second-order valence-corrected chi connectivity index (χ2v) is 7.96. The molecule has 0 aliphatic heterocycles. The standard InChI is InChI=1S/C22H25Cl2N3O3/c1-27(2)11-4-5-12-30-22-18(29-3)10-9-14-17(13-19(28)26-20(14)22)25-21-15(23)7-6-8-16(21)24/h6-10,13H,4-5,11-12H2,1-3H3,(H2,25,26,28). The number of aromatic amines is 1. The summed E-state index contributed by atoms with van der Waals surface area (Å²) in [6, 6.07) is 10.4. The molecule has 30 heavy (non-hydrogen) atoms. The Morgan fingerprint density at radius 3 is 2.50 bits per heavy atom. The van der Waals surface area contributed by atoms with E-state index in [2.05, 4.69) is 15.2 Å². The zero-order valence-electron chi connectivity index (χ0n) is 17.2. The number of benzene rings is 2. The fraction of sp³-hybridized carbons (Fsp3) is 0.318. The predicted octanol–water partition coefficient (Wildman–Crippen LogP) is 5.31. The lowest BCUT2D eigenvalue weighted by Crippen LogP contribution is -2.14. The Morgan fingerprint density at radius 1 is 1.10 bits per heavy atom. The first-order valence-corrected chi connectivity index (χ1v) is 10.4. The maximum Gasteiger partial charge on any atom is 0.250 e. The number of halogens is 2. The van der Waals surface area contributed by atoms with Crippen molar-refractivity contribution < 1.29 is 9.47 Å². The van der Waals surface area contributed by atoms with Gasteiger partial charge in [0.25, 0.3) is 5.56 Å². The summed E-state index contributed by atoms with van der Waals surface area (Å²) in [5, 5.41) is 4.87. The van der Waals surface area contributed by atoms with Gasteiger partial charge in [-0.25, -0.2) is 0 Å². The molecule has 0 radical (unpaired) electrons. The number of hydrogen-bond donors (Lipinski definition) is 2. The zero-order valence-corrected chi connectivity index (χ0v) is 18.7. The van der Waals surface area contributed by atoms with E-state index in [1.807, 2.05) is 26.2 Å². The third-order valence-electron chi connectivity index (χ3n) is 4.62. The average Bonchev–Trinajstić information content (AvgIpc) is 2.70. The molecule has 2 N–H and O–H groups in total. The van der Waals surface area contributed by atoms with Crippen LogP contribution in [0.1, 0.15) is 12.8 Å². The lowest BCUT2D eigenvalue weighted by atomic mass is 10.1. The molecule has 0 saturated heterocycles. The Labute approximate surface area is 185 Å². The third kappa shape index (κ3) is 5.19. The van der Waals surface area contributed by atoms with E-state index in [4.69, 9.17) is 32.7 Å². The van der Waals surface area contributed by atoms with Crippen LogP contribution in [0.2, 0.25) is 10.0 Å². The molecular formula is C22H25Cl2N3O3. The molecule has 3 rings (SSSR count). The molecule has 0 aliphatic rings. The van der Waals surface area contributed by atoms with Gasteiger partial charge < -0.3 is 24.7 Å². The molecule has 0 atom stereocenters. The molecule has 0 fully saturated rings. The van der Waals surface area contributed by atoms with E-state index < -0.39 is 0 Å². The van der Waals surface area contributed by atoms with E-state index in [9.17, 15) is 4.79 Å². The van der Waals surface area contributed by atoms with Crippen molar-refractivity contribution in [1.29, 1.82) is 0 Å². The first kappa shape index (κ1) is 22.3. The number of H-pyrrole nitrogens is 1. The van der Waals surface area contributed by atoms with Gasteiger partial charge in [-0.3, -0.25) is 4.79 Å². The van der Waals surface area contributed by atoms with E-state index in [0.717, 1.165) is 24.8 Å². The number of nitrogens with zero attached hydrogens (tertiary/aromatic N) is 1. The van der Waals surface area contributed by atoms with Crippen molar-refractivity contribution in [3.63, 3.8) is 0 Å². The van der Waals surface area contributed by atoms with E-state index in [0.29, 0.717) is 45.0 Å². The summed E-state index contributed by atoms with van der Waals surface area (Å²) in [5.74, 6) is 1.06. The summed E-state index contributed by atoms with van der Waals surface area (Å²) in [4.78, 5) is 17.4. The molecule has 0 aliphatic carbocycles. The Hall–Kier alpha value is -2.41. The van der Waals surface area contributed by atoms with Crippen LogP contribution in [0.25, 0.3) is 10.9 Å². The monoisotopic (exact) mass is 449 g/mol. The molecule has 1 heterocycles. The number of rotatable bonds is 9. The van der Waals surface area contributed by atoms with Crippen molar-refractivity contribution in [3.8, 4) is 11.5 Å². The van der Waals surface area contributed by atoms with Crippen molar-refractivity contribution in [3.05, 3.63) is 56.8 Å². The number of nitrogens with one attached hydrogen (secondary N) is 2. The minimum Gasteiger partial charge on any atom is -0.493 e. The highest BCUT2D eigenvalue weighted by Gasteiger charge is 2.16. The first-order chi connectivity index (χ1) is 14.4. The number of ether oxygens (including phenoxy) is 2. The Bertz CT molecular complexity index is 1060. The fourth-order valence-electron chi connectivity index (χ4n) is 3.14. The Balaban J connectivity index is 1.98. The summed E-state index contributed by atoms with van der Waals surface area (Å²) in [6.45, 7) is 1.50. The summed E-state index contributed by atoms with van der Waals surface area (Å²) < 4.78 is 11.5. The largest absolute Gasteiger partial charge is 0.493 e. The van der Waals surface area contributed by atoms with E-state index in [1.54, 1.807) is 25.3 Å². The molecule has 0 unspecified atom stereocenters. The molecule has 0 bridgehead atoms. The van der Waals surface area contributed by atoms with E-state index >= 15 is 0 Å². The van der Waals surface area contributed by atoms with Crippen LogP contribution >= 0.6 is 23.2 Å². The molecule has 2 aromatic carbocycles. The van der Waals surface area contributed by atoms with Crippen LogP contribution < -0.4 is 20.3 Å². The number of anilines is 2. The number of hydrogen-bond acceptors (Lipinski definition) is 5. The summed E-state index contributed by atoms with van der Waals surface area (Å²) in [5.41, 5.74) is 1.39. The molecule has 1 aromatic heterocycles. The van der Waals surface area contributed by atoms with Crippen LogP contribution in [-0.4, -0.2) is 44.2 Å². The fourth-order valence-corrected chi connectivity index (χ4v) is 3.64. The van der Waals surface area contributed by atoms with E-state index in [1.165, 1.54) is 6.07 Å². The molecule has 160 valence electrons. The van der Waals surface area contributed by atoms with Crippen LogP contribution in [0.4, 0.5) is 11.4 Å². The van der Waals surface area contributed by atoms with Crippen molar-refractivity contribution in [2.45, 2.75) is 12.8 Å². The minimum atomic E-state index is -0.279. The zero-order chi connectivity index (χ0) is 21.7. The van der Waals surface area contributed by atoms with Gasteiger partial charge in [-0.1, -0.05) is 29.3 Å². The third-order valence-corrected chi connectivity index (χ3v) is 5.25. The number of fused-ring (bicyclic) bond motifs is 1. The van der Waals surface area contributed by atoms with Gasteiger partial charge in [-0.15, -0.1) is 0 Å². The van der Waals surface area contributed by atoms with Gasteiger partial charge >= 0.3 is 0 Å². The summed E-state index contributed by atoms with van der Waals surface area (Å²) >= 11 is 12.6. The van der Waals surface area contributed by atoms with Gasteiger partial charge in [0.2, 0.25) is 0 Å². The van der Waals surface area contributed by atoms with Gasteiger partial charge in [-0.2, -0.15) is 0 Å². The topological polar surface area (TPSA) is 66.6 Å². The Kier molecular flexibility index (Phi) is 7.48. The second-order valence-electron chi connectivity index (χ2n) is 7.15. The molecule has 6 nitrogen and oxygen atoms in total. The number of para-hydroxylation sites is 1. The lowest BCUT2D eigenvalue weighted by Gasteiger charge is -2.17. The van der Waals surface area contributed by atoms with Crippen LogP contribution in [-0.2, 0) is 0 Å². The van der Waals surface area contributed by atoms with Crippen LogP contribution in [0.3, 0.4) is 0 Å². The molecule has 0 spiro atoms. The number of methoxy groups -OCH3 is 1. The van der Waals surface area contributed by atoms with Gasteiger partial charge in [0, 0.05) is 11.5 Å². The van der Waals surface area contributed by atoms with Gasteiger partial charge in [0.05, 0.1) is 40.7 Å². The van der Waals surface area contributed by atoms with Gasteiger partial charge in [-0.05, 0) is 57.7 Å². The molecule has 0 amide bonds. The lowest BCUT2D eigenvalue weighted by molar-refractivity contribution is 0.280. The normalized spacial score (nSPS) is 11.1. The van der Waals surface area contributed by atoms with E-state index in [-0.39, 0.29) is 5.56 Å². The molecule has 8 heteroatoms.